The Balaban J connectivity index is 3.24. The highest BCUT2D eigenvalue weighted by Crippen LogP contribution is 2.36. The number of hydrogen-bond donors (Lipinski definition) is 1. The fourth-order valence-corrected chi connectivity index (χ4v) is 2.51. The molecule has 0 amide bonds. The van der Waals surface area contributed by atoms with Gasteiger partial charge in [0.05, 0.1) is 22.4 Å². The summed E-state index contributed by atoms with van der Waals surface area (Å²) in [6.45, 7) is 11.0. The lowest BCUT2D eigenvalue weighted by Crippen LogP contribution is -2.32. The highest BCUT2D eigenvalue weighted by atomic mass is 79.9. The zero-order valence-electron chi connectivity index (χ0n) is 11.0. The Labute approximate surface area is 107 Å². The molecule has 0 aliphatic heterocycles. The lowest BCUT2D eigenvalue weighted by atomic mass is 9.84. The van der Waals surface area contributed by atoms with Gasteiger partial charge in [0.1, 0.15) is 0 Å². The first kappa shape index (κ1) is 13.7. The molecule has 16 heavy (non-hydrogen) atoms. The van der Waals surface area contributed by atoms with Crippen LogP contribution in [0, 0.1) is 5.41 Å². The summed E-state index contributed by atoms with van der Waals surface area (Å²) in [6.07, 6.45) is 1.88. The second kappa shape index (κ2) is 4.88. The Bertz CT molecular complexity index is 350. The van der Waals surface area contributed by atoms with Crippen molar-refractivity contribution in [2.75, 3.05) is 7.05 Å². The van der Waals surface area contributed by atoms with E-state index in [9.17, 15) is 0 Å². The first-order valence-corrected chi connectivity index (χ1v) is 6.48. The molecular formula is C12H22BrN3. The summed E-state index contributed by atoms with van der Waals surface area (Å²) in [4.78, 5) is 0. The third-order valence-electron chi connectivity index (χ3n) is 2.70. The molecule has 1 aromatic rings. The van der Waals surface area contributed by atoms with E-state index in [-0.39, 0.29) is 11.5 Å². The molecule has 0 saturated heterocycles. The van der Waals surface area contributed by atoms with Crippen molar-refractivity contribution in [2.24, 2.45) is 5.41 Å². The van der Waals surface area contributed by atoms with Crippen LogP contribution in [-0.4, -0.2) is 16.8 Å². The maximum Gasteiger partial charge on any atom is 0.0703 e. The van der Waals surface area contributed by atoms with Crippen LogP contribution in [-0.2, 0) is 0 Å². The van der Waals surface area contributed by atoms with Crippen LogP contribution in [0.25, 0.3) is 0 Å². The quantitative estimate of drug-likeness (QED) is 0.922. The molecule has 3 nitrogen and oxygen atoms in total. The molecule has 0 radical (unpaired) electrons. The van der Waals surface area contributed by atoms with Crippen molar-refractivity contribution in [1.29, 1.82) is 0 Å². The molecule has 0 aliphatic rings. The van der Waals surface area contributed by atoms with E-state index in [1.165, 1.54) is 5.69 Å². The minimum Gasteiger partial charge on any atom is -0.311 e. The van der Waals surface area contributed by atoms with Gasteiger partial charge in [-0.05, 0) is 42.2 Å². The Kier molecular flexibility index (Phi) is 4.18. The van der Waals surface area contributed by atoms with Gasteiger partial charge in [-0.3, -0.25) is 4.68 Å². The van der Waals surface area contributed by atoms with Gasteiger partial charge < -0.3 is 5.32 Å². The maximum absolute atomic E-state index is 4.43. The van der Waals surface area contributed by atoms with E-state index in [1.54, 1.807) is 0 Å². The zero-order valence-corrected chi connectivity index (χ0v) is 12.6. The normalized spacial score (nSPS) is 14.5. The molecule has 1 atom stereocenters. The van der Waals surface area contributed by atoms with Crippen molar-refractivity contribution >= 4 is 15.9 Å². The first-order chi connectivity index (χ1) is 7.29. The van der Waals surface area contributed by atoms with Crippen LogP contribution in [0.1, 0.15) is 52.4 Å². The third kappa shape index (κ3) is 2.66. The predicted octanol–water partition coefficient (Wildman–Crippen LogP) is 3.53. The first-order valence-electron chi connectivity index (χ1n) is 5.69. The average Bonchev–Trinajstić information content (AvgIpc) is 2.47. The van der Waals surface area contributed by atoms with Crippen LogP contribution >= 0.6 is 15.9 Å². The summed E-state index contributed by atoms with van der Waals surface area (Å²) in [5.41, 5.74) is 1.38. The van der Waals surface area contributed by atoms with E-state index >= 15 is 0 Å². The van der Waals surface area contributed by atoms with Crippen LogP contribution in [0.15, 0.2) is 10.7 Å². The van der Waals surface area contributed by atoms with Crippen molar-refractivity contribution in [2.45, 2.75) is 46.7 Å². The minimum atomic E-state index is 0.157. The summed E-state index contributed by atoms with van der Waals surface area (Å²) < 4.78 is 3.16. The number of hydrogen-bond acceptors (Lipinski definition) is 2. The Hall–Kier alpha value is -0.350. The number of aromatic nitrogens is 2. The van der Waals surface area contributed by atoms with Crippen LogP contribution in [0.3, 0.4) is 0 Å². The molecule has 92 valence electrons. The standard InChI is InChI=1S/C12H22BrN3/c1-8(2)16-10(9(13)7-15-16)11(14-6)12(3,4)5/h7-8,11,14H,1-6H3. The Morgan fingerprint density at radius 2 is 1.94 bits per heavy atom. The SMILES string of the molecule is CNC(c1c(Br)cnn1C(C)C)C(C)(C)C. The second-order valence-electron chi connectivity index (χ2n) is 5.50. The smallest absolute Gasteiger partial charge is 0.0703 e. The number of nitrogens with zero attached hydrogens (tertiary/aromatic N) is 2. The van der Waals surface area contributed by atoms with Crippen molar-refractivity contribution in [3.8, 4) is 0 Å². The number of rotatable bonds is 3. The fraction of sp³-hybridized carbons (Fsp3) is 0.750. The molecule has 0 bridgehead atoms. The van der Waals surface area contributed by atoms with Crippen LogP contribution < -0.4 is 5.32 Å². The Morgan fingerprint density at radius 3 is 2.31 bits per heavy atom. The van der Waals surface area contributed by atoms with E-state index in [0.717, 1.165) is 4.47 Å². The molecule has 1 aromatic heterocycles. The van der Waals surface area contributed by atoms with Gasteiger partial charge >= 0.3 is 0 Å². The molecule has 1 N–H and O–H groups in total. The van der Waals surface area contributed by atoms with Gasteiger partial charge in [-0.2, -0.15) is 5.10 Å². The lowest BCUT2D eigenvalue weighted by Gasteiger charge is -2.32. The van der Waals surface area contributed by atoms with Gasteiger partial charge in [0.2, 0.25) is 0 Å². The summed E-state index contributed by atoms with van der Waals surface area (Å²) in [6, 6.07) is 0.659. The van der Waals surface area contributed by atoms with Gasteiger partial charge in [-0.15, -0.1) is 0 Å². The number of halogens is 1. The fourth-order valence-electron chi connectivity index (χ4n) is 2.01. The summed E-state index contributed by atoms with van der Waals surface area (Å²) in [5, 5.41) is 7.82. The number of nitrogens with one attached hydrogen (secondary N) is 1. The lowest BCUT2D eigenvalue weighted by molar-refractivity contribution is 0.267. The van der Waals surface area contributed by atoms with E-state index in [1.807, 2.05) is 13.2 Å². The third-order valence-corrected chi connectivity index (χ3v) is 3.32. The van der Waals surface area contributed by atoms with E-state index in [0.29, 0.717) is 6.04 Å². The molecule has 1 heterocycles. The van der Waals surface area contributed by atoms with Crippen molar-refractivity contribution in [1.82, 2.24) is 15.1 Å². The van der Waals surface area contributed by atoms with Crippen LogP contribution in [0.2, 0.25) is 0 Å². The van der Waals surface area contributed by atoms with Gasteiger partial charge in [0.15, 0.2) is 0 Å². The van der Waals surface area contributed by atoms with Gasteiger partial charge in [-0.25, -0.2) is 0 Å². The molecule has 0 aliphatic carbocycles. The highest BCUT2D eigenvalue weighted by Gasteiger charge is 2.30. The molecule has 1 rings (SSSR count). The predicted molar refractivity (Wildman–Crippen MR) is 71.6 cm³/mol. The van der Waals surface area contributed by atoms with E-state index < -0.39 is 0 Å². The monoisotopic (exact) mass is 287 g/mol. The maximum atomic E-state index is 4.43. The Morgan fingerprint density at radius 1 is 1.38 bits per heavy atom. The summed E-state index contributed by atoms with van der Waals surface area (Å²) >= 11 is 3.60. The van der Waals surface area contributed by atoms with E-state index in [2.05, 4.69) is 65.6 Å². The van der Waals surface area contributed by atoms with Gasteiger partial charge in [0.25, 0.3) is 0 Å². The molecule has 0 aromatic carbocycles. The average molecular weight is 288 g/mol. The zero-order chi connectivity index (χ0) is 12.5. The minimum absolute atomic E-state index is 0.157. The second-order valence-corrected chi connectivity index (χ2v) is 6.36. The molecule has 1 unspecified atom stereocenters. The highest BCUT2D eigenvalue weighted by molar-refractivity contribution is 9.10. The summed E-state index contributed by atoms with van der Waals surface area (Å²) in [7, 11) is 2.00. The van der Waals surface area contributed by atoms with Crippen molar-refractivity contribution < 1.29 is 0 Å². The molecule has 4 heteroatoms. The van der Waals surface area contributed by atoms with Gasteiger partial charge in [-0.1, -0.05) is 20.8 Å². The summed E-state index contributed by atoms with van der Waals surface area (Å²) in [5.74, 6) is 0. The largest absolute Gasteiger partial charge is 0.311 e. The van der Waals surface area contributed by atoms with Crippen LogP contribution in [0.4, 0.5) is 0 Å². The molecule has 0 fully saturated rings. The van der Waals surface area contributed by atoms with E-state index in [4.69, 9.17) is 0 Å². The van der Waals surface area contributed by atoms with Crippen LogP contribution in [0.5, 0.6) is 0 Å². The van der Waals surface area contributed by atoms with Gasteiger partial charge in [0, 0.05) is 6.04 Å². The molecule has 0 spiro atoms. The topological polar surface area (TPSA) is 29.9 Å². The molecular weight excluding hydrogens is 266 g/mol. The molecule has 0 saturated carbocycles. The van der Waals surface area contributed by atoms with Crippen molar-refractivity contribution in [3.63, 3.8) is 0 Å². The van der Waals surface area contributed by atoms with Crippen molar-refractivity contribution in [3.05, 3.63) is 16.4 Å².